The average Bonchev–Trinajstić information content (AvgIpc) is 2.30. The monoisotopic (exact) mass is 216 g/mol. The Bertz CT molecular complexity index is 389. The van der Waals surface area contributed by atoms with Crippen molar-refractivity contribution in [2.75, 3.05) is 7.05 Å². The highest BCUT2D eigenvalue weighted by atomic mass is 16.2. The van der Waals surface area contributed by atoms with Gasteiger partial charge in [0.05, 0.1) is 11.6 Å². The Morgan fingerprint density at radius 2 is 2.00 bits per heavy atom. The standard InChI is InChI=1S/C13H16N2O/c1-3-4-13(16)15(2)10-12-7-5-11(9-14)6-8-12/h5-8H,3-4,10H2,1-2H3. The van der Waals surface area contributed by atoms with Crippen LogP contribution >= 0.6 is 0 Å². The Balaban J connectivity index is 2.59. The van der Waals surface area contributed by atoms with E-state index >= 15 is 0 Å². The molecule has 0 unspecified atom stereocenters. The summed E-state index contributed by atoms with van der Waals surface area (Å²) in [6.07, 6.45) is 1.46. The third kappa shape index (κ3) is 3.39. The largest absolute Gasteiger partial charge is 0.341 e. The van der Waals surface area contributed by atoms with Crippen molar-refractivity contribution in [1.29, 1.82) is 5.26 Å². The first-order valence-electron chi connectivity index (χ1n) is 5.40. The van der Waals surface area contributed by atoms with Crippen LogP contribution < -0.4 is 0 Å². The summed E-state index contributed by atoms with van der Waals surface area (Å²) in [6.45, 7) is 2.60. The molecule has 0 atom stereocenters. The summed E-state index contributed by atoms with van der Waals surface area (Å²) in [4.78, 5) is 13.3. The number of hydrogen-bond donors (Lipinski definition) is 0. The maximum atomic E-state index is 11.5. The van der Waals surface area contributed by atoms with Crippen molar-refractivity contribution in [3.63, 3.8) is 0 Å². The summed E-state index contributed by atoms with van der Waals surface area (Å²) in [5.41, 5.74) is 1.69. The number of nitriles is 1. The van der Waals surface area contributed by atoms with Gasteiger partial charge in [-0.3, -0.25) is 4.79 Å². The van der Waals surface area contributed by atoms with Gasteiger partial charge in [-0.2, -0.15) is 5.26 Å². The Kier molecular flexibility index (Phi) is 4.53. The van der Waals surface area contributed by atoms with Crippen LogP contribution in [-0.4, -0.2) is 17.9 Å². The van der Waals surface area contributed by atoms with Gasteiger partial charge in [-0.15, -0.1) is 0 Å². The lowest BCUT2D eigenvalue weighted by Crippen LogP contribution is -2.25. The van der Waals surface area contributed by atoms with Crippen LogP contribution in [-0.2, 0) is 11.3 Å². The van der Waals surface area contributed by atoms with E-state index in [0.717, 1.165) is 12.0 Å². The molecule has 0 aliphatic rings. The van der Waals surface area contributed by atoms with Gasteiger partial charge in [0.2, 0.25) is 5.91 Å². The number of amides is 1. The molecule has 0 aliphatic carbocycles. The van der Waals surface area contributed by atoms with Gasteiger partial charge >= 0.3 is 0 Å². The molecule has 3 nitrogen and oxygen atoms in total. The number of nitrogens with zero attached hydrogens (tertiary/aromatic N) is 2. The molecule has 0 spiro atoms. The van der Waals surface area contributed by atoms with Crippen LogP contribution in [0.3, 0.4) is 0 Å². The molecular weight excluding hydrogens is 200 g/mol. The van der Waals surface area contributed by atoms with Gasteiger partial charge in [0, 0.05) is 20.0 Å². The second-order valence-corrected chi connectivity index (χ2v) is 3.81. The minimum absolute atomic E-state index is 0.159. The minimum Gasteiger partial charge on any atom is -0.341 e. The molecule has 1 aromatic carbocycles. The van der Waals surface area contributed by atoms with Crippen LogP contribution in [0.2, 0.25) is 0 Å². The van der Waals surface area contributed by atoms with Crippen LogP contribution in [0, 0.1) is 11.3 Å². The fourth-order valence-corrected chi connectivity index (χ4v) is 1.45. The van der Waals surface area contributed by atoms with Gasteiger partial charge in [0.15, 0.2) is 0 Å². The van der Waals surface area contributed by atoms with Crippen molar-refractivity contribution in [2.24, 2.45) is 0 Å². The van der Waals surface area contributed by atoms with Crippen LogP contribution in [0.4, 0.5) is 0 Å². The molecule has 0 saturated carbocycles. The maximum absolute atomic E-state index is 11.5. The molecule has 0 radical (unpaired) electrons. The highest BCUT2D eigenvalue weighted by molar-refractivity contribution is 5.75. The first kappa shape index (κ1) is 12.3. The Morgan fingerprint density at radius 3 is 2.50 bits per heavy atom. The zero-order chi connectivity index (χ0) is 12.0. The van der Waals surface area contributed by atoms with Gasteiger partial charge in [-0.05, 0) is 24.1 Å². The molecule has 84 valence electrons. The quantitative estimate of drug-likeness (QED) is 0.775. The summed E-state index contributed by atoms with van der Waals surface area (Å²) >= 11 is 0. The molecule has 3 heteroatoms. The van der Waals surface area contributed by atoms with Crippen LogP contribution in [0.15, 0.2) is 24.3 Å². The zero-order valence-corrected chi connectivity index (χ0v) is 9.73. The molecule has 0 saturated heterocycles. The molecule has 16 heavy (non-hydrogen) atoms. The second kappa shape index (κ2) is 5.92. The molecule has 0 aliphatic heterocycles. The van der Waals surface area contributed by atoms with Crippen molar-refractivity contribution in [1.82, 2.24) is 4.90 Å². The number of benzene rings is 1. The summed E-state index contributed by atoms with van der Waals surface area (Å²) in [6, 6.07) is 9.38. The molecular formula is C13H16N2O. The van der Waals surface area contributed by atoms with E-state index in [1.165, 1.54) is 0 Å². The second-order valence-electron chi connectivity index (χ2n) is 3.81. The molecule has 1 aromatic rings. The van der Waals surface area contributed by atoms with Crippen molar-refractivity contribution in [3.05, 3.63) is 35.4 Å². The number of rotatable bonds is 4. The van der Waals surface area contributed by atoms with Gasteiger partial charge < -0.3 is 4.90 Å². The maximum Gasteiger partial charge on any atom is 0.222 e. The summed E-state index contributed by atoms with van der Waals surface area (Å²) in [5.74, 6) is 0.159. The van der Waals surface area contributed by atoms with E-state index in [4.69, 9.17) is 5.26 Å². The molecule has 0 bridgehead atoms. The lowest BCUT2D eigenvalue weighted by atomic mass is 10.1. The van der Waals surface area contributed by atoms with Crippen molar-refractivity contribution >= 4 is 5.91 Å². The summed E-state index contributed by atoms with van der Waals surface area (Å²) in [5, 5.41) is 8.65. The number of carbonyl (C=O) groups excluding carboxylic acids is 1. The van der Waals surface area contributed by atoms with Crippen LogP contribution in [0.25, 0.3) is 0 Å². The van der Waals surface area contributed by atoms with Gasteiger partial charge in [0.1, 0.15) is 0 Å². The third-order valence-corrected chi connectivity index (χ3v) is 2.39. The van der Waals surface area contributed by atoms with E-state index in [2.05, 4.69) is 6.07 Å². The SMILES string of the molecule is CCCC(=O)N(C)Cc1ccc(C#N)cc1. The van der Waals surface area contributed by atoms with Gasteiger partial charge in [-0.1, -0.05) is 19.1 Å². The van der Waals surface area contributed by atoms with Gasteiger partial charge in [-0.25, -0.2) is 0 Å². The number of carbonyl (C=O) groups is 1. The first-order chi connectivity index (χ1) is 7.67. The minimum atomic E-state index is 0.159. The highest BCUT2D eigenvalue weighted by Crippen LogP contribution is 2.07. The van der Waals surface area contributed by atoms with Crippen molar-refractivity contribution < 1.29 is 4.79 Å². The van der Waals surface area contributed by atoms with E-state index in [-0.39, 0.29) is 5.91 Å². The predicted molar refractivity (Wildman–Crippen MR) is 62.5 cm³/mol. The van der Waals surface area contributed by atoms with Crippen LogP contribution in [0.5, 0.6) is 0 Å². The molecule has 0 fully saturated rings. The smallest absolute Gasteiger partial charge is 0.222 e. The van der Waals surface area contributed by atoms with Crippen molar-refractivity contribution in [3.8, 4) is 6.07 Å². The Morgan fingerprint density at radius 1 is 1.38 bits per heavy atom. The molecule has 1 amide bonds. The highest BCUT2D eigenvalue weighted by Gasteiger charge is 2.07. The average molecular weight is 216 g/mol. The van der Waals surface area contributed by atoms with Gasteiger partial charge in [0.25, 0.3) is 0 Å². The summed E-state index contributed by atoms with van der Waals surface area (Å²) in [7, 11) is 1.80. The fraction of sp³-hybridized carbons (Fsp3) is 0.385. The topological polar surface area (TPSA) is 44.1 Å². The van der Waals surface area contributed by atoms with E-state index in [1.54, 1.807) is 24.1 Å². The summed E-state index contributed by atoms with van der Waals surface area (Å²) < 4.78 is 0. The Hall–Kier alpha value is -1.82. The molecule has 0 heterocycles. The molecule has 0 N–H and O–H groups in total. The first-order valence-corrected chi connectivity index (χ1v) is 5.40. The lowest BCUT2D eigenvalue weighted by molar-refractivity contribution is -0.130. The normalized spacial score (nSPS) is 9.56. The fourth-order valence-electron chi connectivity index (χ4n) is 1.45. The molecule has 1 rings (SSSR count). The van der Waals surface area contributed by atoms with Crippen molar-refractivity contribution in [2.45, 2.75) is 26.3 Å². The predicted octanol–water partition coefficient (Wildman–Crippen LogP) is 2.32. The van der Waals surface area contributed by atoms with Crippen LogP contribution in [0.1, 0.15) is 30.9 Å². The van der Waals surface area contributed by atoms with E-state index in [9.17, 15) is 4.79 Å². The number of hydrogen-bond acceptors (Lipinski definition) is 2. The van der Waals surface area contributed by atoms with E-state index < -0.39 is 0 Å². The van der Waals surface area contributed by atoms with E-state index in [0.29, 0.717) is 18.5 Å². The molecule has 0 aromatic heterocycles. The third-order valence-electron chi connectivity index (χ3n) is 2.39. The Labute approximate surface area is 96.3 Å². The van der Waals surface area contributed by atoms with E-state index in [1.807, 2.05) is 19.1 Å². The zero-order valence-electron chi connectivity index (χ0n) is 9.73. The lowest BCUT2D eigenvalue weighted by Gasteiger charge is -2.16.